The van der Waals surface area contributed by atoms with E-state index in [0.29, 0.717) is 99.9 Å². The number of aliphatic carboxylic acids is 2. The predicted molar refractivity (Wildman–Crippen MR) is 350 cm³/mol. The molecule has 0 aromatic rings. The third-order valence-corrected chi connectivity index (χ3v) is 19.7. The monoisotopic (exact) mass is 1380 g/mol. The number of nitrogens with zero attached hydrogens (tertiary/aromatic N) is 1. The number of rotatable bonds is 27. The molecule has 28 nitrogen and oxygen atoms in total. The van der Waals surface area contributed by atoms with Crippen molar-refractivity contribution in [2.24, 2.45) is 99.3 Å². The lowest BCUT2D eigenvalue weighted by Gasteiger charge is -2.43. The summed E-state index contributed by atoms with van der Waals surface area (Å²) in [5, 5.41) is 17.2. The number of carbonyl (C=O) groups excluding carboxylic acids is 5. The maximum absolute atomic E-state index is 11.0. The summed E-state index contributed by atoms with van der Waals surface area (Å²) in [7, 11) is 0. The van der Waals surface area contributed by atoms with Gasteiger partial charge in [0.1, 0.15) is 45.7 Å². The Morgan fingerprint density at radius 2 is 0.698 bits per heavy atom. The molecular weight excluding hydrogens is 1260 g/mol. The fourth-order valence-corrected chi connectivity index (χ4v) is 11.8. The van der Waals surface area contributed by atoms with Crippen LogP contribution in [0.3, 0.4) is 0 Å². The quantitative estimate of drug-likeness (QED) is 0.0363. The number of carboxylic acids is 2. The van der Waals surface area contributed by atoms with E-state index in [9.17, 15) is 33.6 Å². The molecule has 0 saturated carbocycles. The van der Waals surface area contributed by atoms with Crippen LogP contribution in [0.25, 0.3) is 0 Å². The highest BCUT2D eigenvalue weighted by atomic mass is 16.7. The molecule has 6 aliphatic heterocycles. The molecule has 6 aliphatic rings. The Balaban J connectivity index is 0.000000409. The average molecular weight is 1380 g/mol. The second kappa shape index (κ2) is 45.1. The number of carboxylic acid groups (broad SMARTS) is 2. The Morgan fingerprint density at radius 1 is 0.385 bits per heavy atom. The van der Waals surface area contributed by atoms with E-state index >= 15 is 0 Å². The van der Waals surface area contributed by atoms with Gasteiger partial charge in [-0.1, -0.05) is 96.9 Å². The summed E-state index contributed by atoms with van der Waals surface area (Å²) in [6.07, 6.45) is -2.11. The molecule has 0 aromatic heterocycles. The normalized spacial score (nSPS) is 35.2. The van der Waals surface area contributed by atoms with Crippen molar-refractivity contribution in [1.82, 2.24) is 0 Å². The van der Waals surface area contributed by atoms with Gasteiger partial charge in [-0.05, 0) is 65.6 Å². The molecule has 0 aliphatic carbocycles. The van der Waals surface area contributed by atoms with Crippen molar-refractivity contribution >= 4 is 47.7 Å². The number of esters is 5. The number of carbonyl (C=O) groups is 7. The first-order valence-electron chi connectivity index (χ1n) is 34.1. The van der Waals surface area contributed by atoms with Gasteiger partial charge in [-0.25, -0.2) is 9.79 Å². The highest BCUT2D eigenvalue weighted by molar-refractivity contribution is 5.75. The Kier molecular flexibility index (Phi) is 41.1. The zero-order chi connectivity index (χ0) is 72.7. The first-order valence-corrected chi connectivity index (χ1v) is 34.1. The van der Waals surface area contributed by atoms with E-state index in [1.807, 2.05) is 20.8 Å². The standard InChI is InChI=1S/C15H29NO5.C15H26O6.C13H25NO4.C13H22O6.C12H19NO4/c1-10-11(2)14(9-20-13(4)17)21-15(12(10)3)19-8-7-18-6-5-16;1-9-10(2)13(8-20-12(4)16)21-15(11(9)3)19-7-5-6-14(17)18;1-8-9(2)12(7-17-11(4)15)18-13(10(8)3)16-6-5-14;1-7-8(2)11(5-17-10(4)14)19-13(9(7)3)18-6-12(15)16;1-6-7(2)11-12(16-8(3)13-11)17-10(6)5-15-9(4)14/h10-12,14-15H,5-9,16H2,1-4H3;9-11,13,15H,5-8H2,1-4H3,(H,17,18);8-10,12-13H,5-7,14H2,1-4H3;7-9,11,13H,5-6H2,1-4H3,(H,15,16);6-7,10-12H,5H2,1-4H3. The summed E-state index contributed by atoms with van der Waals surface area (Å²) in [4.78, 5) is 79.9. The molecule has 96 heavy (non-hydrogen) atoms. The minimum absolute atomic E-state index is 0.0681. The second-order valence-corrected chi connectivity index (χ2v) is 26.5. The Hall–Kier alpha value is -4.72. The summed E-state index contributed by atoms with van der Waals surface area (Å²) in [6, 6.07) is 0.0681. The van der Waals surface area contributed by atoms with Gasteiger partial charge < -0.3 is 97.5 Å². The van der Waals surface area contributed by atoms with Crippen molar-refractivity contribution in [3.8, 4) is 0 Å². The summed E-state index contributed by atoms with van der Waals surface area (Å²) >= 11 is 0. The Morgan fingerprint density at radius 3 is 1.02 bits per heavy atom. The minimum atomic E-state index is -1.03. The van der Waals surface area contributed by atoms with Gasteiger partial charge in [0.25, 0.3) is 0 Å². The van der Waals surface area contributed by atoms with Gasteiger partial charge in [-0.2, -0.15) is 0 Å². The maximum atomic E-state index is 11.0. The number of fused-ring (bicyclic) bond motifs is 1. The molecule has 0 spiro atoms. The van der Waals surface area contributed by atoms with Crippen LogP contribution in [0, 0.1) is 82.9 Å². The largest absolute Gasteiger partial charge is 0.481 e. The third-order valence-electron chi connectivity index (χ3n) is 19.7. The molecule has 6 rings (SSSR count). The Labute approximate surface area is 569 Å². The summed E-state index contributed by atoms with van der Waals surface area (Å²) in [5.74, 6) is 1.44. The zero-order valence-electron chi connectivity index (χ0n) is 60.9. The van der Waals surface area contributed by atoms with Crippen LogP contribution in [-0.4, -0.2) is 212 Å². The Bertz CT molecular complexity index is 2310. The first-order chi connectivity index (χ1) is 45.1. The van der Waals surface area contributed by atoms with Gasteiger partial charge in [0.2, 0.25) is 6.29 Å². The summed E-state index contributed by atoms with van der Waals surface area (Å²) in [5.41, 5.74) is 10.8. The van der Waals surface area contributed by atoms with Crippen LogP contribution >= 0.6 is 0 Å². The predicted octanol–water partition coefficient (Wildman–Crippen LogP) is 7.04. The first kappa shape index (κ1) is 87.4. The van der Waals surface area contributed by atoms with Gasteiger partial charge in [0.05, 0.1) is 63.6 Å². The molecule has 6 heterocycles. The molecule has 0 radical (unpaired) electrons. The van der Waals surface area contributed by atoms with Crippen molar-refractivity contribution in [2.75, 3.05) is 85.8 Å². The van der Waals surface area contributed by atoms with Gasteiger partial charge in [-0.15, -0.1) is 0 Å². The minimum Gasteiger partial charge on any atom is -0.481 e. The van der Waals surface area contributed by atoms with Gasteiger partial charge >= 0.3 is 41.8 Å². The number of hydrogen-bond donors (Lipinski definition) is 4. The van der Waals surface area contributed by atoms with Crippen LogP contribution in [0.15, 0.2) is 4.99 Å². The SMILES string of the molecule is CC(=O)OCC1OC(OCC(=O)O)C(C)C(C)C1C.CC(=O)OCC1OC(OCCCC(=O)O)C(C)C(C)C1C.CC(=O)OCC1OC(OCCN)C(C)C(C)C1C.CC(=O)OCC1OC(OCCOCCN)C(C)C(C)C1C.CC(=O)OCC1OC2OC(C)=NC2C(C)C1C. The van der Waals surface area contributed by atoms with Gasteiger partial charge in [0.15, 0.2) is 31.1 Å². The van der Waals surface area contributed by atoms with Crippen LogP contribution in [0.2, 0.25) is 0 Å². The number of aliphatic imine (C=N–C) groups is 1. The van der Waals surface area contributed by atoms with E-state index < -0.39 is 24.8 Å². The molecule has 5 fully saturated rings. The van der Waals surface area contributed by atoms with Crippen LogP contribution in [0.4, 0.5) is 0 Å². The molecule has 5 saturated heterocycles. The molecule has 0 amide bonds. The fraction of sp³-hybridized carbons (Fsp3) is 0.882. The lowest BCUT2D eigenvalue weighted by atomic mass is 9.79. The van der Waals surface area contributed by atoms with E-state index in [0.717, 1.165) is 0 Å². The van der Waals surface area contributed by atoms with E-state index in [1.54, 1.807) is 0 Å². The van der Waals surface area contributed by atoms with Gasteiger partial charge in [-0.3, -0.25) is 28.8 Å². The van der Waals surface area contributed by atoms with Crippen molar-refractivity contribution in [3.05, 3.63) is 0 Å². The van der Waals surface area contributed by atoms with Crippen molar-refractivity contribution in [3.63, 3.8) is 0 Å². The summed E-state index contributed by atoms with van der Waals surface area (Å²) in [6.45, 7) is 42.3. The van der Waals surface area contributed by atoms with Crippen molar-refractivity contribution < 1.29 is 120 Å². The highest BCUT2D eigenvalue weighted by Gasteiger charge is 2.47. The molecule has 558 valence electrons. The molecule has 25 atom stereocenters. The lowest BCUT2D eigenvalue weighted by Crippen LogP contribution is -2.49. The van der Waals surface area contributed by atoms with Crippen LogP contribution in [-0.2, 0) is 109 Å². The zero-order valence-corrected chi connectivity index (χ0v) is 60.9. The highest BCUT2D eigenvalue weighted by Crippen LogP contribution is 2.40. The van der Waals surface area contributed by atoms with Crippen LogP contribution < -0.4 is 11.5 Å². The number of hydrogen-bond acceptors (Lipinski definition) is 26. The van der Waals surface area contributed by atoms with Crippen LogP contribution in [0.5, 0.6) is 0 Å². The van der Waals surface area contributed by atoms with E-state index in [4.69, 9.17) is 97.5 Å². The topological polar surface area (TPSA) is 372 Å². The lowest BCUT2D eigenvalue weighted by molar-refractivity contribution is -0.258. The number of nitrogens with two attached hydrogens (primary N) is 2. The van der Waals surface area contributed by atoms with Crippen molar-refractivity contribution in [1.29, 1.82) is 0 Å². The average Bonchev–Trinajstić information content (AvgIpc) is 1.54. The fourth-order valence-electron chi connectivity index (χ4n) is 11.8. The third kappa shape index (κ3) is 30.4. The molecule has 6 N–H and O–H groups in total. The molecule has 0 bridgehead atoms. The van der Waals surface area contributed by atoms with Crippen molar-refractivity contribution in [2.45, 2.75) is 219 Å². The molecule has 25 unspecified atom stereocenters. The van der Waals surface area contributed by atoms with E-state index in [2.05, 4.69) is 88.1 Å². The van der Waals surface area contributed by atoms with E-state index in [1.165, 1.54) is 34.6 Å². The van der Waals surface area contributed by atoms with E-state index in [-0.39, 0.29) is 172 Å². The number of ether oxygens (including phenoxy) is 16. The summed E-state index contributed by atoms with van der Waals surface area (Å²) < 4.78 is 87.5. The second-order valence-electron chi connectivity index (χ2n) is 26.5. The maximum Gasteiger partial charge on any atom is 0.329 e. The molecular formula is C68H121N3O25. The molecule has 28 heteroatoms. The van der Waals surface area contributed by atoms with Crippen LogP contribution in [0.1, 0.15) is 151 Å². The van der Waals surface area contributed by atoms with Gasteiger partial charge in [0, 0.05) is 84.7 Å². The molecule has 0 aromatic carbocycles. The smallest absolute Gasteiger partial charge is 0.329 e.